The average molecular weight is 519 g/mol. The number of halogens is 1. The Morgan fingerprint density at radius 2 is 1.81 bits per heavy atom. The van der Waals surface area contributed by atoms with E-state index in [1.165, 1.54) is 40.5 Å². The minimum atomic E-state index is -1.03. The Labute approximate surface area is 214 Å². The van der Waals surface area contributed by atoms with Crippen LogP contribution in [0.4, 0.5) is 9.52 Å². The van der Waals surface area contributed by atoms with Gasteiger partial charge < -0.3 is 19.3 Å². The molecule has 2 aliphatic heterocycles. The smallest absolute Gasteiger partial charge is 0.301 e. The second kappa shape index (κ2) is 8.90. The van der Waals surface area contributed by atoms with Gasteiger partial charge in [-0.1, -0.05) is 23.5 Å². The Bertz CT molecular complexity index is 1600. The molecule has 4 aromatic rings. The fourth-order valence-electron chi connectivity index (χ4n) is 4.46. The molecule has 0 aliphatic carbocycles. The maximum Gasteiger partial charge on any atom is 0.301 e. The zero-order valence-corrected chi connectivity index (χ0v) is 20.3. The third-order valence-corrected chi connectivity index (χ3v) is 7.25. The number of rotatable bonds is 4. The maximum absolute atomic E-state index is 13.8. The highest BCUT2D eigenvalue weighted by Crippen LogP contribution is 2.45. The van der Waals surface area contributed by atoms with E-state index in [0.29, 0.717) is 41.5 Å². The number of benzene rings is 3. The number of aromatic nitrogens is 1. The predicted octanol–water partition coefficient (Wildman–Crippen LogP) is 4.84. The van der Waals surface area contributed by atoms with Crippen LogP contribution in [0, 0.1) is 5.82 Å². The van der Waals surface area contributed by atoms with Crippen LogP contribution in [0.1, 0.15) is 17.2 Å². The molecule has 1 fully saturated rings. The minimum Gasteiger partial charge on any atom is -0.507 e. The Kier molecular flexibility index (Phi) is 5.53. The number of thiazole rings is 1. The molecule has 1 amide bonds. The lowest BCUT2D eigenvalue weighted by atomic mass is 9.95. The van der Waals surface area contributed by atoms with Gasteiger partial charge >= 0.3 is 5.91 Å². The molecule has 0 bridgehead atoms. The van der Waals surface area contributed by atoms with Crippen molar-refractivity contribution in [3.63, 3.8) is 0 Å². The topological polar surface area (TPSA) is 98.2 Å². The van der Waals surface area contributed by atoms with Crippen LogP contribution in [0.25, 0.3) is 16.0 Å². The number of hydrogen-bond acceptors (Lipinski definition) is 8. The van der Waals surface area contributed by atoms with Crippen LogP contribution in [0.2, 0.25) is 0 Å². The first-order valence-corrected chi connectivity index (χ1v) is 12.2. The summed E-state index contributed by atoms with van der Waals surface area (Å²) in [6.07, 6.45) is 0. The summed E-state index contributed by atoms with van der Waals surface area (Å²) in [5, 5.41) is 11.6. The van der Waals surface area contributed by atoms with Crippen LogP contribution < -0.4 is 19.1 Å². The van der Waals surface area contributed by atoms with Gasteiger partial charge in [0.2, 0.25) is 0 Å². The number of methoxy groups -OCH3 is 1. The van der Waals surface area contributed by atoms with Crippen LogP contribution >= 0.6 is 11.3 Å². The van der Waals surface area contributed by atoms with Gasteiger partial charge in [-0.05, 0) is 54.1 Å². The lowest BCUT2D eigenvalue weighted by Gasteiger charge is -2.23. The quantitative estimate of drug-likeness (QED) is 0.235. The van der Waals surface area contributed by atoms with Crippen LogP contribution in [-0.2, 0) is 9.59 Å². The van der Waals surface area contributed by atoms with E-state index >= 15 is 0 Å². The second-order valence-electron chi connectivity index (χ2n) is 8.41. The molecule has 1 N–H and O–H groups in total. The van der Waals surface area contributed by atoms with Crippen molar-refractivity contribution in [1.82, 2.24) is 4.98 Å². The van der Waals surface area contributed by atoms with Crippen LogP contribution in [0.15, 0.2) is 66.2 Å². The average Bonchev–Trinajstić information content (AvgIpc) is 3.46. The molecule has 186 valence electrons. The third-order valence-electron chi connectivity index (χ3n) is 6.24. The number of fused-ring (bicyclic) bond motifs is 2. The molecule has 0 radical (unpaired) electrons. The van der Waals surface area contributed by atoms with Gasteiger partial charge in [-0.2, -0.15) is 0 Å². The fourth-order valence-corrected chi connectivity index (χ4v) is 5.48. The number of anilines is 1. The molecule has 1 saturated heterocycles. The summed E-state index contributed by atoms with van der Waals surface area (Å²) in [7, 11) is 1.55. The minimum absolute atomic E-state index is 0.134. The van der Waals surface area contributed by atoms with E-state index in [1.807, 2.05) is 0 Å². The van der Waals surface area contributed by atoms with E-state index in [-0.39, 0.29) is 22.0 Å². The van der Waals surface area contributed by atoms with Crippen molar-refractivity contribution in [2.75, 3.05) is 25.2 Å². The van der Waals surface area contributed by atoms with Gasteiger partial charge in [-0.25, -0.2) is 9.37 Å². The van der Waals surface area contributed by atoms with E-state index in [2.05, 4.69) is 4.98 Å². The summed E-state index contributed by atoms with van der Waals surface area (Å²) in [4.78, 5) is 32.6. The number of carbonyl (C=O) groups excluding carboxylic acids is 2. The van der Waals surface area contributed by atoms with Crippen molar-refractivity contribution in [3.8, 4) is 17.2 Å². The first-order chi connectivity index (χ1) is 17.9. The lowest BCUT2D eigenvalue weighted by Crippen LogP contribution is -2.29. The number of amides is 1. The molecule has 1 atom stereocenters. The summed E-state index contributed by atoms with van der Waals surface area (Å²) < 4.78 is 31.0. The monoisotopic (exact) mass is 518 g/mol. The molecule has 0 saturated carbocycles. The van der Waals surface area contributed by atoms with Gasteiger partial charge in [0.05, 0.1) is 28.9 Å². The van der Waals surface area contributed by atoms with Gasteiger partial charge in [0, 0.05) is 5.56 Å². The Morgan fingerprint density at radius 3 is 2.57 bits per heavy atom. The number of carbonyl (C=O) groups is 2. The lowest BCUT2D eigenvalue weighted by molar-refractivity contribution is -0.132. The predicted molar refractivity (Wildman–Crippen MR) is 135 cm³/mol. The molecule has 2 aliphatic rings. The molecule has 3 heterocycles. The Morgan fingerprint density at radius 1 is 1.05 bits per heavy atom. The molecule has 8 nitrogen and oxygen atoms in total. The molecule has 6 rings (SSSR count). The van der Waals surface area contributed by atoms with Gasteiger partial charge in [-0.3, -0.25) is 14.5 Å². The van der Waals surface area contributed by atoms with Crippen LogP contribution in [0.3, 0.4) is 0 Å². The number of hydrogen-bond donors (Lipinski definition) is 1. The third kappa shape index (κ3) is 3.86. The van der Waals surface area contributed by atoms with Crippen molar-refractivity contribution in [1.29, 1.82) is 0 Å². The largest absolute Gasteiger partial charge is 0.507 e. The normalized spacial score (nSPS) is 18.4. The van der Waals surface area contributed by atoms with Crippen molar-refractivity contribution in [2.45, 2.75) is 6.04 Å². The van der Waals surface area contributed by atoms with E-state index in [4.69, 9.17) is 14.2 Å². The number of ether oxygens (including phenoxy) is 3. The van der Waals surface area contributed by atoms with Crippen molar-refractivity contribution in [3.05, 3.63) is 83.2 Å². The molecule has 3 aromatic carbocycles. The highest BCUT2D eigenvalue weighted by atomic mass is 32.1. The summed E-state index contributed by atoms with van der Waals surface area (Å²) in [5.41, 5.74) is 1.21. The second-order valence-corrected chi connectivity index (χ2v) is 9.42. The first kappa shape index (κ1) is 23.0. The zero-order valence-electron chi connectivity index (χ0n) is 19.4. The molecule has 0 unspecified atom stereocenters. The highest BCUT2D eigenvalue weighted by molar-refractivity contribution is 7.22. The number of Topliss-reactive ketones (excluding diaryl/α,β-unsaturated/α-hetero) is 1. The maximum atomic E-state index is 13.8. The van der Waals surface area contributed by atoms with Gasteiger partial charge in [-0.15, -0.1) is 0 Å². The van der Waals surface area contributed by atoms with Gasteiger partial charge in [0.25, 0.3) is 5.78 Å². The Hall–Kier alpha value is -4.44. The number of nitrogens with zero attached hydrogens (tertiary/aromatic N) is 2. The summed E-state index contributed by atoms with van der Waals surface area (Å²) in [6.45, 7) is 0.752. The van der Waals surface area contributed by atoms with Crippen LogP contribution in [0.5, 0.6) is 17.2 Å². The van der Waals surface area contributed by atoms with E-state index in [1.54, 1.807) is 43.5 Å². The van der Waals surface area contributed by atoms with Crippen molar-refractivity contribution in [2.24, 2.45) is 0 Å². The van der Waals surface area contributed by atoms with E-state index in [9.17, 15) is 19.1 Å². The molecular formula is C27H19FN2O6S. The summed E-state index contributed by atoms with van der Waals surface area (Å²) >= 11 is 1.21. The first-order valence-electron chi connectivity index (χ1n) is 11.4. The van der Waals surface area contributed by atoms with Crippen LogP contribution in [-0.4, -0.2) is 42.1 Å². The summed E-state index contributed by atoms with van der Waals surface area (Å²) in [5.74, 6) is -1.02. The number of aliphatic hydroxyl groups excluding tert-OH is 1. The molecule has 37 heavy (non-hydrogen) atoms. The van der Waals surface area contributed by atoms with E-state index < -0.39 is 23.5 Å². The SMILES string of the molecule is COc1ccc2nc(N3C(=O)C(=O)/C(=C(/O)c4ccc5c(c4)OCCO5)[C@H]3c3ccc(F)cc3)sc2c1. The van der Waals surface area contributed by atoms with Gasteiger partial charge in [0.15, 0.2) is 16.6 Å². The Balaban J connectivity index is 1.52. The van der Waals surface area contributed by atoms with E-state index in [0.717, 1.165) is 4.70 Å². The number of aliphatic hydroxyl groups is 1. The zero-order chi connectivity index (χ0) is 25.7. The van der Waals surface area contributed by atoms with Crippen molar-refractivity contribution < 1.29 is 33.3 Å². The highest BCUT2D eigenvalue weighted by Gasteiger charge is 2.48. The fraction of sp³-hybridized carbons (Fsp3) is 0.148. The van der Waals surface area contributed by atoms with Gasteiger partial charge in [0.1, 0.15) is 30.5 Å². The standard InChI is InChI=1S/C27H19FN2O6S/c1-34-17-7-8-18-21(13-17)37-27(29-18)30-23(14-2-5-16(28)6-3-14)22(25(32)26(30)33)24(31)15-4-9-19-20(12-15)36-11-10-35-19/h2-9,12-13,23,31H,10-11H2,1H3/b24-22+/t23-/m1/s1. The van der Waals surface area contributed by atoms with Crippen molar-refractivity contribution >= 4 is 44.1 Å². The molecule has 10 heteroatoms. The number of ketones is 1. The molecule has 0 spiro atoms. The molecule has 1 aromatic heterocycles. The molecular weight excluding hydrogens is 499 g/mol. The summed E-state index contributed by atoms with van der Waals surface area (Å²) in [6, 6.07) is 14.5.